The number of amides is 1. The first-order chi connectivity index (χ1) is 13.3. The van der Waals surface area contributed by atoms with Crippen LogP contribution in [0.1, 0.15) is 11.4 Å². The molecule has 1 N–H and O–H groups in total. The van der Waals surface area contributed by atoms with Crippen LogP contribution in [0.5, 0.6) is 0 Å². The highest BCUT2D eigenvalue weighted by Crippen LogP contribution is 2.29. The number of nitrogens with zero attached hydrogens (tertiary/aromatic N) is 4. The van der Waals surface area contributed by atoms with Gasteiger partial charge < -0.3 is 9.88 Å². The maximum Gasteiger partial charge on any atom is 0.416 e. The van der Waals surface area contributed by atoms with Gasteiger partial charge in [0.2, 0.25) is 5.91 Å². The van der Waals surface area contributed by atoms with Crippen LogP contribution in [-0.2, 0) is 17.5 Å². The summed E-state index contributed by atoms with van der Waals surface area (Å²) in [6.07, 6.45) is -0.613. The number of aromatic nitrogens is 2. The summed E-state index contributed by atoms with van der Waals surface area (Å²) in [5.41, 5.74) is -0.361. The number of halogens is 3. The van der Waals surface area contributed by atoms with Crippen molar-refractivity contribution in [3.05, 3.63) is 48.0 Å². The van der Waals surface area contributed by atoms with Gasteiger partial charge >= 0.3 is 6.18 Å². The lowest BCUT2D eigenvalue weighted by Gasteiger charge is -2.34. The van der Waals surface area contributed by atoms with Gasteiger partial charge in [0.1, 0.15) is 5.82 Å². The lowest BCUT2D eigenvalue weighted by molar-refractivity contribution is -0.137. The van der Waals surface area contributed by atoms with Crippen molar-refractivity contribution in [1.29, 1.82) is 0 Å². The molecule has 1 aromatic heterocycles. The van der Waals surface area contributed by atoms with Gasteiger partial charge in [0, 0.05) is 57.3 Å². The third kappa shape index (κ3) is 5.56. The topological polar surface area (TPSA) is 53.4 Å². The molecule has 1 fully saturated rings. The second-order valence-corrected chi connectivity index (χ2v) is 6.91. The molecular formula is C19H24F3N5O. The zero-order chi connectivity index (χ0) is 20.1. The first-order valence-corrected chi connectivity index (χ1v) is 9.21. The first-order valence-electron chi connectivity index (χ1n) is 9.21. The number of hydrogen-bond donors (Lipinski definition) is 1. The smallest absolute Gasteiger partial charge is 0.334 e. The van der Waals surface area contributed by atoms with Crippen molar-refractivity contribution in [2.75, 3.05) is 44.6 Å². The summed E-state index contributed by atoms with van der Waals surface area (Å²) in [6.45, 7) is 7.35. The van der Waals surface area contributed by atoms with Crippen molar-refractivity contribution in [3.63, 3.8) is 0 Å². The van der Waals surface area contributed by atoms with E-state index in [1.54, 1.807) is 6.20 Å². The summed E-state index contributed by atoms with van der Waals surface area (Å²) >= 11 is 0. The molecule has 0 unspecified atom stereocenters. The number of benzene rings is 1. The highest BCUT2D eigenvalue weighted by Gasteiger charge is 2.30. The Bertz CT molecular complexity index is 780. The summed E-state index contributed by atoms with van der Waals surface area (Å²) in [4.78, 5) is 20.8. The van der Waals surface area contributed by atoms with Crippen LogP contribution < -0.4 is 5.32 Å². The molecule has 1 aliphatic heterocycles. The lowest BCUT2D eigenvalue weighted by atomic mass is 10.2. The van der Waals surface area contributed by atoms with Gasteiger partial charge in [-0.2, -0.15) is 13.2 Å². The fourth-order valence-electron chi connectivity index (χ4n) is 3.21. The number of hydrogen-bond acceptors (Lipinski definition) is 4. The molecule has 0 spiro atoms. The van der Waals surface area contributed by atoms with Crippen molar-refractivity contribution in [1.82, 2.24) is 19.4 Å². The summed E-state index contributed by atoms with van der Waals surface area (Å²) in [5, 5.41) is 2.66. The van der Waals surface area contributed by atoms with Crippen molar-refractivity contribution in [3.8, 4) is 0 Å². The Balaban J connectivity index is 1.39. The lowest BCUT2D eigenvalue weighted by Crippen LogP contribution is -2.49. The molecule has 0 bridgehead atoms. The number of rotatable bonds is 6. The largest absolute Gasteiger partial charge is 0.416 e. The predicted molar refractivity (Wildman–Crippen MR) is 99.9 cm³/mol. The molecule has 28 heavy (non-hydrogen) atoms. The number of carbonyl (C=O) groups is 1. The third-order valence-corrected chi connectivity index (χ3v) is 4.91. The zero-order valence-electron chi connectivity index (χ0n) is 15.7. The zero-order valence-corrected chi connectivity index (χ0v) is 15.7. The molecule has 0 saturated carbocycles. The summed E-state index contributed by atoms with van der Waals surface area (Å²) in [7, 11) is 0. The van der Waals surface area contributed by atoms with Gasteiger partial charge in [-0.05, 0) is 31.2 Å². The van der Waals surface area contributed by atoms with E-state index in [4.69, 9.17) is 0 Å². The molecule has 1 aromatic carbocycles. The number of anilines is 1. The van der Waals surface area contributed by atoms with Crippen LogP contribution in [0.4, 0.5) is 18.9 Å². The Morgan fingerprint density at radius 2 is 1.71 bits per heavy atom. The second-order valence-electron chi connectivity index (χ2n) is 6.91. The van der Waals surface area contributed by atoms with Gasteiger partial charge in [0.15, 0.2) is 0 Å². The Morgan fingerprint density at radius 3 is 2.29 bits per heavy atom. The van der Waals surface area contributed by atoms with E-state index in [2.05, 4.69) is 24.7 Å². The number of imidazole rings is 1. The van der Waals surface area contributed by atoms with Crippen LogP contribution in [0, 0.1) is 6.92 Å². The monoisotopic (exact) mass is 395 g/mol. The average Bonchev–Trinajstić information content (AvgIpc) is 3.06. The van der Waals surface area contributed by atoms with Crippen LogP contribution in [0.3, 0.4) is 0 Å². The van der Waals surface area contributed by atoms with E-state index >= 15 is 0 Å². The minimum atomic E-state index is -4.38. The fourth-order valence-corrected chi connectivity index (χ4v) is 3.21. The Morgan fingerprint density at radius 1 is 1.07 bits per heavy atom. The van der Waals surface area contributed by atoms with Gasteiger partial charge in [-0.3, -0.25) is 14.6 Å². The van der Waals surface area contributed by atoms with Crippen molar-refractivity contribution in [2.24, 2.45) is 0 Å². The van der Waals surface area contributed by atoms with Gasteiger partial charge in [0.25, 0.3) is 0 Å². The highest BCUT2D eigenvalue weighted by molar-refractivity contribution is 5.92. The Hall–Kier alpha value is -2.39. The van der Waals surface area contributed by atoms with Gasteiger partial charge in [0.05, 0.1) is 12.1 Å². The van der Waals surface area contributed by atoms with E-state index in [-0.39, 0.29) is 12.5 Å². The maximum absolute atomic E-state index is 12.6. The van der Waals surface area contributed by atoms with E-state index in [9.17, 15) is 18.0 Å². The number of carbonyl (C=O) groups excluding carboxylic acids is 1. The molecule has 3 rings (SSSR count). The van der Waals surface area contributed by atoms with Crippen molar-refractivity contribution < 1.29 is 18.0 Å². The van der Waals surface area contributed by atoms with Crippen LogP contribution in [0.15, 0.2) is 36.7 Å². The molecular weight excluding hydrogens is 371 g/mol. The van der Waals surface area contributed by atoms with Gasteiger partial charge in [-0.25, -0.2) is 4.98 Å². The minimum Gasteiger partial charge on any atom is -0.334 e. The molecule has 2 heterocycles. The predicted octanol–water partition coefficient (Wildman–Crippen LogP) is 2.47. The number of nitrogens with one attached hydrogen (secondary N) is 1. The quantitative estimate of drug-likeness (QED) is 0.817. The summed E-state index contributed by atoms with van der Waals surface area (Å²) in [6, 6.07) is 4.49. The molecule has 9 heteroatoms. The van der Waals surface area contributed by atoms with Crippen LogP contribution in [-0.4, -0.2) is 64.5 Å². The SMILES string of the molecule is Cc1nccn1CCN1CCN(CC(=O)Nc2ccc(C(F)(F)F)cc2)CC1. The molecule has 1 saturated heterocycles. The molecule has 1 amide bonds. The molecule has 2 aromatic rings. The number of piperazine rings is 1. The van der Waals surface area contributed by atoms with Gasteiger partial charge in [-0.15, -0.1) is 0 Å². The van der Waals surface area contributed by atoms with Gasteiger partial charge in [-0.1, -0.05) is 0 Å². The number of aryl methyl sites for hydroxylation is 1. The fraction of sp³-hybridized carbons (Fsp3) is 0.474. The molecule has 1 aliphatic rings. The molecule has 0 radical (unpaired) electrons. The van der Waals surface area contributed by atoms with Crippen molar-refractivity contribution >= 4 is 11.6 Å². The minimum absolute atomic E-state index is 0.220. The van der Waals surface area contributed by atoms with E-state index in [0.717, 1.165) is 57.2 Å². The summed E-state index contributed by atoms with van der Waals surface area (Å²) < 4.78 is 39.8. The maximum atomic E-state index is 12.6. The second kappa shape index (κ2) is 8.74. The standard InChI is InChI=1S/C19H24F3N5O/c1-15-23-6-7-27(15)13-12-25-8-10-26(11-9-25)14-18(28)24-17-4-2-16(3-5-17)19(20,21)22/h2-7H,8-14H2,1H3,(H,24,28). The molecule has 6 nitrogen and oxygen atoms in total. The van der Waals surface area contributed by atoms with Crippen LogP contribution in [0.2, 0.25) is 0 Å². The van der Waals surface area contributed by atoms with Crippen LogP contribution in [0.25, 0.3) is 0 Å². The Labute approximate surface area is 161 Å². The van der Waals surface area contributed by atoms with E-state index in [1.165, 1.54) is 12.1 Å². The Kier molecular flexibility index (Phi) is 6.35. The molecule has 152 valence electrons. The average molecular weight is 395 g/mol. The summed E-state index contributed by atoms with van der Waals surface area (Å²) in [5.74, 6) is 0.779. The van der Waals surface area contributed by atoms with Crippen molar-refractivity contribution in [2.45, 2.75) is 19.6 Å². The van der Waals surface area contributed by atoms with E-state index in [0.29, 0.717) is 5.69 Å². The highest BCUT2D eigenvalue weighted by atomic mass is 19.4. The first kappa shape index (κ1) is 20.3. The molecule has 0 aliphatic carbocycles. The molecule has 0 atom stereocenters. The van der Waals surface area contributed by atoms with E-state index in [1.807, 2.05) is 13.1 Å². The third-order valence-electron chi connectivity index (χ3n) is 4.91. The normalized spacial score (nSPS) is 16.3. The number of alkyl halides is 3. The van der Waals surface area contributed by atoms with E-state index < -0.39 is 11.7 Å². The van der Waals surface area contributed by atoms with Crippen LogP contribution >= 0.6 is 0 Å².